The molecule has 0 aliphatic carbocycles. The van der Waals surface area contributed by atoms with E-state index in [0.29, 0.717) is 6.42 Å². The van der Waals surface area contributed by atoms with E-state index in [2.05, 4.69) is 0 Å². The van der Waals surface area contributed by atoms with Crippen molar-refractivity contribution >= 4 is 24.3 Å². The molecule has 0 radical (unpaired) electrons. The molecule has 0 atom stereocenters. The second-order valence-electron chi connectivity index (χ2n) is 2.03. The van der Waals surface area contributed by atoms with Gasteiger partial charge < -0.3 is 0 Å². The summed E-state index contributed by atoms with van der Waals surface area (Å²) in [6.45, 7) is 0. The standard InChI is InChI=1S/C4H6O4S2/c5-9(6)4-2-1-3-10(4,7)8/h1-3H2. The fourth-order valence-corrected chi connectivity index (χ4v) is 3.46. The minimum Gasteiger partial charge on any atom is -0.223 e. The number of hydrogen-bond acceptors (Lipinski definition) is 4. The molecule has 1 heterocycles. The first-order chi connectivity index (χ1) is 4.54. The molecule has 1 fully saturated rings. The Kier molecular flexibility index (Phi) is 1.82. The lowest BCUT2D eigenvalue weighted by Gasteiger charge is -1.84. The SMILES string of the molecule is O=S(=O)=C1CCCS1(=O)=O. The third-order valence-corrected chi connectivity index (χ3v) is 4.80. The largest absolute Gasteiger partial charge is 0.228 e. The first-order valence-electron chi connectivity index (χ1n) is 2.72. The van der Waals surface area contributed by atoms with Crippen molar-refractivity contribution in [1.29, 1.82) is 0 Å². The fourth-order valence-electron chi connectivity index (χ4n) is 0.863. The van der Waals surface area contributed by atoms with E-state index >= 15 is 0 Å². The van der Waals surface area contributed by atoms with Gasteiger partial charge in [0.25, 0.3) is 0 Å². The molecular formula is C4H6O4S2. The molecule has 10 heavy (non-hydrogen) atoms. The molecule has 1 rings (SSSR count). The molecule has 0 spiro atoms. The molecule has 4 nitrogen and oxygen atoms in total. The van der Waals surface area contributed by atoms with Crippen LogP contribution in [0, 0.1) is 0 Å². The van der Waals surface area contributed by atoms with Gasteiger partial charge in [0.15, 0.2) is 14.0 Å². The molecule has 6 heteroatoms. The van der Waals surface area contributed by atoms with Crippen LogP contribution in [-0.4, -0.2) is 26.8 Å². The highest BCUT2D eigenvalue weighted by molar-refractivity contribution is 8.15. The minimum atomic E-state index is -3.38. The van der Waals surface area contributed by atoms with Crippen molar-refractivity contribution in [3.05, 3.63) is 0 Å². The lowest BCUT2D eigenvalue weighted by molar-refractivity contribution is 0.609. The molecule has 0 N–H and O–H groups in total. The summed E-state index contributed by atoms with van der Waals surface area (Å²) < 4.78 is 41.6. The first-order valence-corrected chi connectivity index (χ1v) is 5.44. The van der Waals surface area contributed by atoms with Crippen LogP contribution in [0.2, 0.25) is 0 Å². The summed E-state index contributed by atoms with van der Waals surface area (Å²) in [6, 6.07) is 0. The van der Waals surface area contributed by atoms with E-state index in [-0.39, 0.29) is 16.4 Å². The Morgan fingerprint density at radius 2 is 1.90 bits per heavy atom. The van der Waals surface area contributed by atoms with Crippen LogP contribution in [0.3, 0.4) is 0 Å². The summed E-state index contributed by atoms with van der Waals surface area (Å²) in [5.74, 6) is -0.0175. The molecule has 58 valence electrons. The van der Waals surface area contributed by atoms with Gasteiger partial charge in [-0.05, 0) is 12.8 Å². The summed E-state index contributed by atoms with van der Waals surface area (Å²) in [5.41, 5.74) is 0. The van der Waals surface area contributed by atoms with Crippen LogP contribution in [0.5, 0.6) is 0 Å². The monoisotopic (exact) mass is 182 g/mol. The zero-order valence-electron chi connectivity index (χ0n) is 5.07. The third kappa shape index (κ3) is 1.22. The molecule has 1 aliphatic heterocycles. The summed E-state index contributed by atoms with van der Waals surface area (Å²) in [4.78, 5) is 0. The van der Waals surface area contributed by atoms with Gasteiger partial charge in [-0.3, -0.25) is 0 Å². The topological polar surface area (TPSA) is 68.3 Å². The quantitative estimate of drug-likeness (QED) is 0.460. The van der Waals surface area contributed by atoms with Crippen LogP contribution >= 0.6 is 0 Å². The molecule has 0 aromatic carbocycles. The van der Waals surface area contributed by atoms with E-state index in [0.717, 1.165) is 0 Å². The van der Waals surface area contributed by atoms with Crippen LogP contribution in [0.25, 0.3) is 0 Å². The maximum Gasteiger partial charge on any atom is 0.228 e. The summed E-state index contributed by atoms with van der Waals surface area (Å²) in [7, 11) is -5.91. The Balaban J connectivity index is 3.42. The van der Waals surface area contributed by atoms with E-state index < -0.39 is 20.1 Å². The van der Waals surface area contributed by atoms with Crippen LogP contribution in [0.1, 0.15) is 12.8 Å². The highest BCUT2D eigenvalue weighted by Gasteiger charge is 2.27. The Morgan fingerprint density at radius 1 is 1.30 bits per heavy atom. The second kappa shape index (κ2) is 2.35. The molecule has 0 bridgehead atoms. The second-order valence-corrected chi connectivity index (χ2v) is 5.38. The van der Waals surface area contributed by atoms with Gasteiger partial charge in [0, 0.05) is 0 Å². The smallest absolute Gasteiger partial charge is 0.223 e. The number of hydrogen-bond donors (Lipinski definition) is 0. The van der Waals surface area contributed by atoms with Gasteiger partial charge in [-0.1, -0.05) is 0 Å². The Labute approximate surface area is 60.3 Å². The van der Waals surface area contributed by atoms with Gasteiger partial charge in [-0.2, -0.15) is 8.42 Å². The maximum absolute atomic E-state index is 10.8. The van der Waals surface area contributed by atoms with E-state index in [4.69, 9.17) is 0 Å². The Morgan fingerprint density at radius 3 is 2.10 bits per heavy atom. The molecule has 0 aromatic heterocycles. The third-order valence-electron chi connectivity index (χ3n) is 1.33. The van der Waals surface area contributed by atoms with E-state index in [9.17, 15) is 16.8 Å². The zero-order chi connectivity index (χ0) is 7.78. The van der Waals surface area contributed by atoms with Crippen molar-refractivity contribution in [3.8, 4) is 0 Å². The van der Waals surface area contributed by atoms with Crippen molar-refractivity contribution in [3.63, 3.8) is 0 Å². The summed E-state index contributed by atoms with van der Waals surface area (Å²) in [5, 5.41) is 0. The minimum absolute atomic E-state index is 0.0175. The molecule has 0 saturated carbocycles. The molecule has 1 aliphatic rings. The van der Waals surface area contributed by atoms with Gasteiger partial charge in [-0.25, -0.2) is 8.42 Å². The van der Waals surface area contributed by atoms with Gasteiger partial charge in [0.1, 0.15) is 0 Å². The molecular weight excluding hydrogens is 176 g/mol. The molecule has 0 amide bonds. The van der Waals surface area contributed by atoms with Crippen LogP contribution in [0.15, 0.2) is 0 Å². The van der Waals surface area contributed by atoms with Crippen molar-refractivity contribution in [2.75, 3.05) is 5.75 Å². The lowest BCUT2D eigenvalue weighted by atomic mass is 10.4. The van der Waals surface area contributed by atoms with Crippen LogP contribution < -0.4 is 0 Å². The fraction of sp³-hybridized carbons (Fsp3) is 0.750. The average Bonchev–Trinajstić information content (AvgIpc) is 2.08. The Hall–Kier alpha value is -0.360. The molecule has 0 aromatic rings. The van der Waals surface area contributed by atoms with E-state index in [1.165, 1.54) is 0 Å². The van der Waals surface area contributed by atoms with E-state index in [1.807, 2.05) is 0 Å². The predicted molar refractivity (Wildman–Crippen MR) is 36.9 cm³/mol. The van der Waals surface area contributed by atoms with Crippen molar-refractivity contribution in [2.24, 2.45) is 0 Å². The Bertz CT molecular complexity index is 350. The van der Waals surface area contributed by atoms with Gasteiger partial charge >= 0.3 is 0 Å². The highest BCUT2D eigenvalue weighted by Crippen LogP contribution is 2.12. The van der Waals surface area contributed by atoms with Crippen LogP contribution in [-0.2, 0) is 20.1 Å². The number of sulfone groups is 1. The van der Waals surface area contributed by atoms with Gasteiger partial charge in [-0.15, -0.1) is 0 Å². The molecule has 0 unspecified atom stereocenters. The van der Waals surface area contributed by atoms with Crippen molar-refractivity contribution in [2.45, 2.75) is 12.8 Å². The zero-order valence-corrected chi connectivity index (χ0v) is 6.70. The highest BCUT2D eigenvalue weighted by atomic mass is 32.2. The van der Waals surface area contributed by atoms with Crippen molar-refractivity contribution in [1.82, 2.24) is 0 Å². The lowest BCUT2D eigenvalue weighted by Crippen LogP contribution is -2.08. The summed E-state index contributed by atoms with van der Waals surface area (Å²) in [6.07, 6.45) is 0.615. The first kappa shape index (κ1) is 7.74. The molecule has 1 saturated heterocycles. The van der Waals surface area contributed by atoms with E-state index in [1.54, 1.807) is 0 Å². The normalized spacial score (nSPS) is 23.0. The van der Waals surface area contributed by atoms with Gasteiger partial charge in [0.2, 0.25) is 10.3 Å². The van der Waals surface area contributed by atoms with Crippen LogP contribution in [0.4, 0.5) is 0 Å². The predicted octanol–water partition coefficient (Wildman–Crippen LogP) is -0.796. The number of rotatable bonds is 0. The van der Waals surface area contributed by atoms with Gasteiger partial charge in [0.05, 0.1) is 5.75 Å². The maximum atomic E-state index is 10.8. The average molecular weight is 182 g/mol. The summed E-state index contributed by atoms with van der Waals surface area (Å²) >= 11 is 0. The van der Waals surface area contributed by atoms with Crippen molar-refractivity contribution < 1.29 is 16.8 Å².